The SMILES string of the molecule is COC1CCCC(Nc2ccccc2S(C)(=O)=O)C1. The van der Waals surface area contributed by atoms with Crippen molar-refractivity contribution in [2.24, 2.45) is 0 Å². The molecular weight excluding hydrogens is 262 g/mol. The molecule has 1 saturated carbocycles. The van der Waals surface area contributed by atoms with Crippen molar-refractivity contribution in [1.82, 2.24) is 0 Å². The van der Waals surface area contributed by atoms with Gasteiger partial charge in [0.25, 0.3) is 0 Å². The van der Waals surface area contributed by atoms with Gasteiger partial charge in [-0.2, -0.15) is 0 Å². The molecule has 2 unspecified atom stereocenters. The van der Waals surface area contributed by atoms with Crippen molar-refractivity contribution in [2.75, 3.05) is 18.7 Å². The molecule has 2 rings (SSSR count). The largest absolute Gasteiger partial charge is 0.381 e. The summed E-state index contributed by atoms with van der Waals surface area (Å²) in [7, 11) is -1.46. The van der Waals surface area contributed by atoms with Gasteiger partial charge in [-0.25, -0.2) is 8.42 Å². The summed E-state index contributed by atoms with van der Waals surface area (Å²) in [6.07, 6.45) is 5.69. The average molecular weight is 283 g/mol. The van der Waals surface area contributed by atoms with E-state index in [1.54, 1.807) is 19.2 Å². The molecule has 1 N–H and O–H groups in total. The van der Waals surface area contributed by atoms with Gasteiger partial charge in [0.1, 0.15) is 0 Å². The number of sulfone groups is 1. The Morgan fingerprint density at radius 3 is 2.68 bits per heavy atom. The van der Waals surface area contributed by atoms with E-state index in [0.717, 1.165) is 25.7 Å². The summed E-state index contributed by atoms with van der Waals surface area (Å²) in [6.45, 7) is 0. The van der Waals surface area contributed by atoms with Crippen molar-refractivity contribution in [3.05, 3.63) is 24.3 Å². The molecule has 1 aromatic rings. The minimum atomic E-state index is -3.20. The number of rotatable bonds is 4. The molecule has 5 heteroatoms. The van der Waals surface area contributed by atoms with E-state index in [0.29, 0.717) is 10.6 Å². The summed E-state index contributed by atoms with van der Waals surface area (Å²) in [4.78, 5) is 0.370. The highest BCUT2D eigenvalue weighted by Gasteiger charge is 2.23. The highest BCUT2D eigenvalue weighted by atomic mass is 32.2. The number of ether oxygens (including phenoxy) is 1. The van der Waals surface area contributed by atoms with Gasteiger partial charge < -0.3 is 10.1 Å². The van der Waals surface area contributed by atoms with Gasteiger partial charge in [-0.3, -0.25) is 0 Å². The Bertz CT molecular complexity index is 527. The van der Waals surface area contributed by atoms with E-state index < -0.39 is 9.84 Å². The lowest BCUT2D eigenvalue weighted by atomic mass is 9.92. The Morgan fingerprint density at radius 2 is 2.00 bits per heavy atom. The molecule has 1 aromatic carbocycles. The van der Waals surface area contributed by atoms with E-state index in [1.807, 2.05) is 12.1 Å². The molecule has 1 fully saturated rings. The van der Waals surface area contributed by atoms with Crippen LogP contribution in [0.2, 0.25) is 0 Å². The van der Waals surface area contributed by atoms with Gasteiger partial charge in [-0.05, 0) is 37.8 Å². The van der Waals surface area contributed by atoms with Crippen molar-refractivity contribution in [3.63, 3.8) is 0 Å². The number of benzene rings is 1. The predicted octanol–water partition coefficient (Wildman–Crippen LogP) is 2.46. The Balaban J connectivity index is 2.15. The zero-order valence-electron chi connectivity index (χ0n) is 11.4. The third-order valence-corrected chi connectivity index (χ3v) is 4.76. The number of anilines is 1. The molecule has 0 radical (unpaired) electrons. The summed E-state index contributed by atoms with van der Waals surface area (Å²) < 4.78 is 28.9. The minimum Gasteiger partial charge on any atom is -0.381 e. The van der Waals surface area contributed by atoms with Gasteiger partial charge in [-0.15, -0.1) is 0 Å². The topological polar surface area (TPSA) is 55.4 Å². The van der Waals surface area contributed by atoms with E-state index in [-0.39, 0.29) is 12.1 Å². The molecular formula is C14H21NO3S. The molecule has 19 heavy (non-hydrogen) atoms. The first-order valence-electron chi connectivity index (χ1n) is 6.59. The highest BCUT2D eigenvalue weighted by molar-refractivity contribution is 7.90. The first kappa shape index (κ1) is 14.3. The van der Waals surface area contributed by atoms with Crippen molar-refractivity contribution in [2.45, 2.75) is 42.7 Å². The van der Waals surface area contributed by atoms with E-state index in [9.17, 15) is 8.42 Å². The van der Waals surface area contributed by atoms with Gasteiger partial charge in [0, 0.05) is 19.4 Å². The Morgan fingerprint density at radius 1 is 1.26 bits per heavy atom. The number of hydrogen-bond acceptors (Lipinski definition) is 4. The fourth-order valence-corrected chi connectivity index (χ4v) is 3.47. The molecule has 0 saturated heterocycles. The molecule has 1 aliphatic carbocycles. The molecule has 2 atom stereocenters. The molecule has 0 aliphatic heterocycles. The van der Waals surface area contributed by atoms with Crippen LogP contribution in [-0.4, -0.2) is 33.9 Å². The maximum Gasteiger partial charge on any atom is 0.177 e. The number of methoxy groups -OCH3 is 1. The second-order valence-electron chi connectivity index (χ2n) is 5.13. The monoisotopic (exact) mass is 283 g/mol. The van der Waals surface area contributed by atoms with Gasteiger partial charge >= 0.3 is 0 Å². The van der Waals surface area contributed by atoms with Gasteiger partial charge in [0.15, 0.2) is 9.84 Å². The van der Waals surface area contributed by atoms with E-state index in [1.165, 1.54) is 6.26 Å². The predicted molar refractivity (Wildman–Crippen MR) is 76.2 cm³/mol. The normalized spacial score (nSPS) is 24.1. The van der Waals surface area contributed by atoms with Crippen LogP contribution in [0.25, 0.3) is 0 Å². The summed E-state index contributed by atoms with van der Waals surface area (Å²) in [6, 6.07) is 7.36. The number of hydrogen-bond donors (Lipinski definition) is 1. The zero-order valence-corrected chi connectivity index (χ0v) is 12.2. The number of nitrogens with one attached hydrogen (secondary N) is 1. The van der Waals surface area contributed by atoms with Crippen LogP contribution in [0.1, 0.15) is 25.7 Å². The van der Waals surface area contributed by atoms with E-state index in [2.05, 4.69) is 5.32 Å². The lowest BCUT2D eigenvalue weighted by Crippen LogP contribution is -2.31. The van der Waals surface area contributed by atoms with Crippen molar-refractivity contribution in [3.8, 4) is 0 Å². The molecule has 0 bridgehead atoms. The Labute approximate surface area is 115 Å². The fourth-order valence-electron chi connectivity index (χ4n) is 2.62. The first-order chi connectivity index (χ1) is 9.00. The minimum absolute atomic E-state index is 0.275. The van der Waals surface area contributed by atoms with Crippen LogP contribution in [0, 0.1) is 0 Å². The van der Waals surface area contributed by atoms with Crippen LogP contribution in [0.3, 0.4) is 0 Å². The third kappa shape index (κ3) is 3.70. The molecule has 0 aromatic heterocycles. The molecule has 0 amide bonds. The summed E-state index contributed by atoms with van der Waals surface area (Å²) in [5, 5.41) is 3.36. The molecule has 0 heterocycles. The second kappa shape index (κ2) is 5.92. The first-order valence-corrected chi connectivity index (χ1v) is 8.48. The lowest BCUT2D eigenvalue weighted by molar-refractivity contribution is 0.0669. The molecule has 4 nitrogen and oxygen atoms in total. The number of para-hydroxylation sites is 1. The van der Waals surface area contributed by atoms with Crippen molar-refractivity contribution < 1.29 is 13.2 Å². The summed E-state index contributed by atoms with van der Waals surface area (Å²) in [5.74, 6) is 0. The second-order valence-corrected chi connectivity index (χ2v) is 7.12. The average Bonchev–Trinajstić information content (AvgIpc) is 2.38. The van der Waals surface area contributed by atoms with Gasteiger partial charge in [0.05, 0.1) is 16.7 Å². The smallest absolute Gasteiger partial charge is 0.177 e. The van der Waals surface area contributed by atoms with Crippen LogP contribution < -0.4 is 5.32 Å². The van der Waals surface area contributed by atoms with E-state index in [4.69, 9.17) is 4.74 Å². The maximum absolute atomic E-state index is 11.8. The molecule has 106 valence electrons. The Kier molecular flexibility index (Phi) is 4.47. The fraction of sp³-hybridized carbons (Fsp3) is 0.571. The van der Waals surface area contributed by atoms with Crippen LogP contribution in [-0.2, 0) is 14.6 Å². The summed E-state index contributed by atoms with van der Waals surface area (Å²) >= 11 is 0. The quantitative estimate of drug-likeness (QED) is 0.922. The van der Waals surface area contributed by atoms with Crippen molar-refractivity contribution >= 4 is 15.5 Å². The standard InChI is InChI=1S/C14H21NO3S/c1-18-12-7-5-6-11(10-12)15-13-8-3-4-9-14(13)19(2,16)17/h3-4,8-9,11-12,15H,5-7,10H2,1-2H3. The van der Waals surface area contributed by atoms with Gasteiger partial charge in [-0.1, -0.05) is 12.1 Å². The molecule has 1 aliphatic rings. The third-order valence-electron chi connectivity index (χ3n) is 3.61. The van der Waals surface area contributed by atoms with Crippen LogP contribution in [0.5, 0.6) is 0 Å². The summed E-state index contributed by atoms with van der Waals surface area (Å²) in [5.41, 5.74) is 0.701. The molecule has 0 spiro atoms. The lowest BCUT2D eigenvalue weighted by Gasteiger charge is -2.30. The van der Waals surface area contributed by atoms with Crippen molar-refractivity contribution in [1.29, 1.82) is 0 Å². The Hall–Kier alpha value is -1.07. The van der Waals surface area contributed by atoms with Crippen LogP contribution in [0.4, 0.5) is 5.69 Å². The van der Waals surface area contributed by atoms with Crippen LogP contribution >= 0.6 is 0 Å². The van der Waals surface area contributed by atoms with E-state index >= 15 is 0 Å². The van der Waals surface area contributed by atoms with Crippen LogP contribution in [0.15, 0.2) is 29.2 Å². The highest BCUT2D eigenvalue weighted by Crippen LogP contribution is 2.27. The zero-order chi connectivity index (χ0) is 13.9. The maximum atomic E-state index is 11.8. The van der Waals surface area contributed by atoms with Gasteiger partial charge in [0.2, 0.25) is 0 Å².